The molecule has 1 atom stereocenters. The van der Waals surface area contributed by atoms with E-state index in [1.54, 1.807) is 0 Å². The molecule has 8 heteroatoms. The standard InChI is InChI=1S/C21H22F4N2O2/c1-19(2,16-11-15(22)6-7-18(16)29-3)13-20(28,21(23,24)25)9-4-5-14-8-10-27-12-17(14)26/h6-8,10-12,28H,9,13,26H2,1-3H3. The lowest BCUT2D eigenvalue weighted by atomic mass is 9.73. The van der Waals surface area contributed by atoms with Gasteiger partial charge < -0.3 is 15.6 Å². The minimum atomic E-state index is -4.96. The van der Waals surface area contributed by atoms with E-state index in [1.165, 1.54) is 45.5 Å². The molecule has 0 radical (unpaired) electrons. The quantitative estimate of drug-likeness (QED) is 0.572. The fourth-order valence-electron chi connectivity index (χ4n) is 3.10. The SMILES string of the molecule is COc1ccc(F)cc1C(C)(C)CC(O)(CC#Cc1ccncc1N)C(F)(F)F. The largest absolute Gasteiger partial charge is 0.496 e. The molecule has 2 aromatic rings. The van der Waals surface area contributed by atoms with Crippen LogP contribution in [0.1, 0.15) is 37.8 Å². The van der Waals surface area contributed by atoms with Gasteiger partial charge in [-0.05, 0) is 36.1 Å². The molecular weight excluding hydrogens is 388 g/mol. The number of pyridine rings is 1. The highest BCUT2D eigenvalue weighted by Crippen LogP contribution is 2.45. The Hall–Kier alpha value is -2.79. The number of aromatic nitrogens is 1. The van der Waals surface area contributed by atoms with Crippen molar-refractivity contribution in [2.75, 3.05) is 12.8 Å². The Bertz CT molecular complexity index is 932. The summed E-state index contributed by atoms with van der Waals surface area (Å²) in [4.78, 5) is 3.78. The molecule has 0 amide bonds. The number of benzene rings is 1. The van der Waals surface area contributed by atoms with Gasteiger partial charge in [0.25, 0.3) is 0 Å². The number of nitrogens with zero attached hydrogens (tertiary/aromatic N) is 1. The third-order valence-electron chi connectivity index (χ3n) is 4.61. The molecule has 2 rings (SSSR count). The van der Waals surface area contributed by atoms with E-state index in [0.29, 0.717) is 5.56 Å². The number of ether oxygens (including phenoxy) is 1. The Balaban J connectivity index is 2.38. The second-order valence-electron chi connectivity index (χ2n) is 7.38. The smallest absolute Gasteiger partial charge is 0.418 e. The summed E-state index contributed by atoms with van der Waals surface area (Å²) in [6.45, 7) is 2.96. The first kappa shape index (κ1) is 22.5. The van der Waals surface area contributed by atoms with Gasteiger partial charge in [-0.2, -0.15) is 13.2 Å². The van der Waals surface area contributed by atoms with Crippen LogP contribution < -0.4 is 10.5 Å². The Morgan fingerprint density at radius 1 is 1.21 bits per heavy atom. The summed E-state index contributed by atoms with van der Waals surface area (Å²) in [5.74, 6) is 4.53. The average molecular weight is 410 g/mol. The normalized spacial score (nSPS) is 13.9. The highest BCUT2D eigenvalue weighted by molar-refractivity contribution is 5.53. The van der Waals surface area contributed by atoms with E-state index in [-0.39, 0.29) is 17.0 Å². The molecular formula is C21H22F4N2O2. The van der Waals surface area contributed by atoms with Gasteiger partial charge in [-0.1, -0.05) is 25.7 Å². The molecule has 0 aliphatic heterocycles. The van der Waals surface area contributed by atoms with E-state index in [1.807, 2.05) is 0 Å². The van der Waals surface area contributed by atoms with E-state index >= 15 is 0 Å². The lowest BCUT2D eigenvalue weighted by molar-refractivity contribution is -0.264. The minimum absolute atomic E-state index is 0.217. The molecule has 0 fully saturated rings. The van der Waals surface area contributed by atoms with Crippen molar-refractivity contribution in [3.8, 4) is 17.6 Å². The highest BCUT2D eigenvalue weighted by atomic mass is 19.4. The zero-order valence-corrected chi connectivity index (χ0v) is 16.3. The topological polar surface area (TPSA) is 68.4 Å². The third kappa shape index (κ3) is 5.18. The summed E-state index contributed by atoms with van der Waals surface area (Å²) < 4.78 is 60.2. The molecule has 0 saturated carbocycles. The fraction of sp³-hybridized carbons (Fsp3) is 0.381. The summed E-state index contributed by atoms with van der Waals surface area (Å²) in [5, 5.41) is 10.5. The number of methoxy groups -OCH3 is 1. The summed E-state index contributed by atoms with van der Waals surface area (Å²) in [7, 11) is 1.34. The van der Waals surface area contributed by atoms with Gasteiger partial charge in [0.15, 0.2) is 5.60 Å². The van der Waals surface area contributed by atoms with Gasteiger partial charge >= 0.3 is 6.18 Å². The number of alkyl halides is 3. The predicted molar refractivity (Wildman–Crippen MR) is 102 cm³/mol. The van der Waals surface area contributed by atoms with Gasteiger partial charge in [0.05, 0.1) is 24.6 Å². The van der Waals surface area contributed by atoms with E-state index < -0.39 is 35.9 Å². The van der Waals surface area contributed by atoms with Crippen LogP contribution in [0, 0.1) is 17.7 Å². The lowest BCUT2D eigenvalue weighted by Gasteiger charge is -2.37. The summed E-state index contributed by atoms with van der Waals surface area (Å²) in [5.41, 5.74) is 2.04. The van der Waals surface area contributed by atoms with Crippen molar-refractivity contribution in [1.82, 2.24) is 4.98 Å². The number of nitrogens with two attached hydrogens (primary N) is 1. The zero-order chi connectivity index (χ0) is 21.9. The van der Waals surface area contributed by atoms with Crippen molar-refractivity contribution in [1.29, 1.82) is 0 Å². The Morgan fingerprint density at radius 3 is 2.48 bits per heavy atom. The number of anilines is 1. The van der Waals surface area contributed by atoms with Crippen LogP contribution in [0.2, 0.25) is 0 Å². The molecule has 29 heavy (non-hydrogen) atoms. The third-order valence-corrected chi connectivity index (χ3v) is 4.61. The Morgan fingerprint density at radius 2 is 1.90 bits per heavy atom. The van der Waals surface area contributed by atoms with Crippen molar-refractivity contribution in [2.24, 2.45) is 0 Å². The zero-order valence-electron chi connectivity index (χ0n) is 16.3. The summed E-state index contributed by atoms with van der Waals surface area (Å²) in [6, 6.07) is 5.07. The lowest BCUT2D eigenvalue weighted by Crippen LogP contribution is -2.49. The molecule has 1 unspecified atom stereocenters. The van der Waals surface area contributed by atoms with Crippen molar-refractivity contribution in [2.45, 2.75) is 43.9 Å². The highest BCUT2D eigenvalue weighted by Gasteiger charge is 2.55. The molecule has 3 N–H and O–H groups in total. The predicted octanol–water partition coefficient (Wildman–Crippen LogP) is 4.21. The van der Waals surface area contributed by atoms with Gasteiger partial charge in [-0.15, -0.1) is 0 Å². The number of halogens is 4. The van der Waals surface area contributed by atoms with Crippen LogP contribution in [-0.4, -0.2) is 29.0 Å². The van der Waals surface area contributed by atoms with Crippen LogP contribution >= 0.6 is 0 Å². The van der Waals surface area contributed by atoms with Crippen LogP contribution in [0.4, 0.5) is 23.2 Å². The van der Waals surface area contributed by atoms with E-state index in [2.05, 4.69) is 16.8 Å². The molecule has 1 aromatic carbocycles. The molecule has 0 aliphatic carbocycles. The van der Waals surface area contributed by atoms with Crippen molar-refractivity contribution in [3.63, 3.8) is 0 Å². The number of nitrogen functional groups attached to an aromatic ring is 1. The summed E-state index contributed by atoms with van der Waals surface area (Å²) in [6.07, 6.45) is -3.83. The molecule has 0 saturated heterocycles. The van der Waals surface area contributed by atoms with E-state index in [4.69, 9.17) is 10.5 Å². The van der Waals surface area contributed by atoms with Crippen LogP contribution in [0.3, 0.4) is 0 Å². The second-order valence-corrected chi connectivity index (χ2v) is 7.38. The first-order valence-electron chi connectivity index (χ1n) is 8.71. The Labute approximate surface area is 166 Å². The van der Waals surface area contributed by atoms with Crippen molar-refractivity contribution >= 4 is 5.69 Å². The van der Waals surface area contributed by atoms with Crippen LogP contribution in [0.5, 0.6) is 5.75 Å². The second kappa shape index (κ2) is 8.29. The van der Waals surface area contributed by atoms with E-state index in [0.717, 1.165) is 12.1 Å². The van der Waals surface area contributed by atoms with Crippen LogP contribution in [-0.2, 0) is 5.41 Å². The van der Waals surface area contributed by atoms with Crippen molar-refractivity contribution in [3.05, 3.63) is 53.6 Å². The minimum Gasteiger partial charge on any atom is -0.496 e. The first-order valence-corrected chi connectivity index (χ1v) is 8.71. The number of hydrogen-bond donors (Lipinski definition) is 2. The maximum atomic E-state index is 13.8. The van der Waals surface area contributed by atoms with Gasteiger partial charge in [0.2, 0.25) is 0 Å². The van der Waals surface area contributed by atoms with Crippen LogP contribution in [0.25, 0.3) is 0 Å². The van der Waals surface area contributed by atoms with E-state index in [9.17, 15) is 22.7 Å². The number of rotatable bonds is 5. The molecule has 1 aromatic heterocycles. The van der Waals surface area contributed by atoms with Crippen LogP contribution in [0.15, 0.2) is 36.7 Å². The maximum Gasteiger partial charge on any atom is 0.418 e. The maximum absolute atomic E-state index is 13.8. The average Bonchev–Trinajstić information content (AvgIpc) is 2.62. The molecule has 0 bridgehead atoms. The first-order chi connectivity index (χ1) is 13.4. The van der Waals surface area contributed by atoms with Gasteiger partial charge in [-0.25, -0.2) is 4.39 Å². The molecule has 0 spiro atoms. The number of aliphatic hydroxyl groups is 1. The van der Waals surface area contributed by atoms with Gasteiger partial charge in [0.1, 0.15) is 11.6 Å². The molecule has 156 valence electrons. The molecule has 1 heterocycles. The van der Waals surface area contributed by atoms with Gasteiger partial charge in [-0.3, -0.25) is 4.98 Å². The monoisotopic (exact) mass is 410 g/mol. The van der Waals surface area contributed by atoms with Gasteiger partial charge in [0, 0.05) is 18.2 Å². The fourth-order valence-corrected chi connectivity index (χ4v) is 3.10. The number of hydrogen-bond acceptors (Lipinski definition) is 4. The van der Waals surface area contributed by atoms with Crippen molar-refractivity contribution < 1.29 is 27.4 Å². The molecule has 4 nitrogen and oxygen atoms in total. The summed E-state index contributed by atoms with van der Waals surface area (Å²) >= 11 is 0. The Kier molecular flexibility index (Phi) is 6.43. The molecule has 0 aliphatic rings.